The quantitative estimate of drug-likeness (QED) is 0.671. The molecule has 1 aromatic rings. The summed E-state index contributed by atoms with van der Waals surface area (Å²) in [6, 6.07) is 6.89. The van der Waals surface area contributed by atoms with E-state index in [4.69, 9.17) is 4.74 Å². The van der Waals surface area contributed by atoms with Gasteiger partial charge in [-0.25, -0.2) is 4.79 Å². The zero-order chi connectivity index (χ0) is 22.9. The molecule has 2 heterocycles. The normalized spacial score (nSPS) is 22.8. The molecule has 0 unspecified atom stereocenters. The van der Waals surface area contributed by atoms with Crippen LogP contribution in [0.1, 0.15) is 50.8 Å². The fourth-order valence-electron chi connectivity index (χ4n) is 4.95. The number of amides is 2. The minimum atomic E-state index is -0.413. The first-order valence-corrected chi connectivity index (χ1v) is 11.7. The van der Waals surface area contributed by atoms with Crippen molar-refractivity contribution in [2.75, 3.05) is 51.3 Å². The SMILES string of the molecule is COC(=O)NCCN1CC(C)(C)c2ccc([C@@H](C)N(C(=O)[C@H]3CNCCO3)C3CC3)cc21. The van der Waals surface area contributed by atoms with Gasteiger partial charge in [0, 0.05) is 49.9 Å². The van der Waals surface area contributed by atoms with E-state index in [0.29, 0.717) is 32.3 Å². The Morgan fingerprint density at radius 3 is 2.81 bits per heavy atom. The summed E-state index contributed by atoms with van der Waals surface area (Å²) < 4.78 is 10.5. The molecular formula is C24H36N4O4. The summed E-state index contributed by atoms with van der Waals surface area (Å²) in [4.78, 5) is 29.1. The summed E-state index contributed by atoms with van der Waals surface area (Å²) >= 11 is 0. The van der Waals surface area contributed by atoms with Gasteiger partial charge in [-0.05, 0) is 37.0 Å². The summed E-state index contributed by atoms with van der Waals surface area (Å²) in [5.74, 6) is 0.0900. The number of anilines is 1. The van der Waals surface area contributed by atoms with Gasteiger partial charge < -0.3 is 29.9 Å². The molecule has 0 bridgehead atoms. The molecular weight excluding hydrogens is 408 g/mol. The average molecular weight is 445 g/mol. The molecule has 32 heavy (non-hydrogen) atoms. The maximum atomic E-state index is 13.3. The maximum absolute atomic E-state index is 13.3. The number of carbonyl (C=O) groups excluding carboxylic acids is 2. The first-order chi connectivity index (χ1) is 15.3. The van der Waals surface area contributed by atoms with Crippen molar-refractivity contribution >= 4 is 17.7 Å². The molecule has 1 saturated carbocycles. The van der Waals surface area contributed by atoms with Crippen molar-refractivity contribution in [3.8, 4) is 0 Å². The molecule has 8 nitrogen and oxygen atoms in total. The standard InChI is InChI=1S/C24H36N4O4/c1-16(28(18-6-7-18)22(29)21-14-25-10-12-32-21)17-5-8-19-20(13-17)27(15-24(19,2)3)11-9-26-23(30)31-4/h5,8,13,16,18,21,25H,6-7,9-12,14-15H2,1-4H3,(H,26,30)/t16-,21-/m1/s1. The fourth-order valence-corrected chi connectivity index (χ4v) is 4.95. The predicted octanol–water partition coefficient (Wildman–Crippen LogP) is 2.18. The van der Waals surface area contributed by atoms with Crippen LogP contribution in [-0.4, -0.2) is 75.5 Å². The van der Waals surface area contributed by atoms with E-state index in [1.54, 1.807) is 0 Å². The van der Waals surface area contributed by atoms with E-state index in [1.807, 2.05) is 4.90 Å². The molecule has 0 radical (unpaired) electrons. The van der Waals surface area contributed by atoms with Crippen LogP contribution >= 0.6 is 0 Å². The van der Waals surface area contributed by atoms with E-state index >= 15 is 0 Å². The van der Waals surface area contributed by atoms with E-state index in [9.17, 15) is 9.59 Å². The number of hydrogen-bond acceptors (Lipinski definition) is 6. The van der Waals surface area contributed by atoms with E-state index in [0.717, 1.165) is 31.5 Å². The lowest BCUT2D eigenvalue weighted by molar-refractivity contribution is -0.148. The summed E-state index contributed by atoms with van der Waals surface area (Å²) in [7, 11) is 1.37. The largest absolute Gasteiger partial charge is 0.453 e. The highest BCUT2D eigenvalue weighted by Gasteiger charge is 2.41. The van der Waals surface area contributed by atoms with Crippen molar-refractivity contribution in [3.63, 3.8) is 0 Å². The number of nitrogens with zero attached hydrogens (tertiary/aromatic N) is 2. The third kappa shape index (κ3) is 4.71. The van der Waals surface area contributed by atoms with E-state index in [2.05, 4.69) is 59.2 Å². The summed E-state index contributed by atoms with van der Waals surface area (Å²) in [6.45, 7) is 10.7. The second-order valence-corrected chi connectivity index (χ2v) is 9.72. The lowest BCUT2D eigenvalue weighted by Crippen LogP contribution is -2.50. The van der Waals surface area contributed by atoms with Crippen LogP contribution in [0.4, 0.5) is 10.5 Å². The molecule has 2 atom stereocenters. The van der Waals surface area contributed by atoms with Gasteiger partial charge in [-0.2, -0.15) is 0 Å². The number of hydrogen-bond donors (Lipinski definition) is 2. The number of nitrogens with one attached hydrogen (secondary N) is 2. The Morgan fingerprint density at radius 1 is 1.38 bits per heavy atom. The van der Waals surface area contributed by atoms with Crippen LogP contribution < -0.4 is 15.5 Å². The molecule has 2 fully saturated rings. The van der Waals surface area contributed by atoms with Crippen molar-refractivity contribution in [1.29, 1.82) is 0 Å². The number of rotatable bonds is 7. The minimum Gasteiger partial charge on any atom is -0.453 e. The molecule has 1 aliphatic carbocycles. The van der Waals surface area contributed by atoms with Crippen molar-refractivity contribution < 1.29 is 19.1 Å². The molecule has 4 rings (SSSR count). The Balaban J connectivity index is 1.54. The van der Waals surface area contributed by atoms with Crippen LogP contribution in [0.15, 0.2) is 18.2 Å². The van der Waals surface area contributed by atoms with Gasteiger partial charge in [-0.1, -0.05) is 26.0 Å². The Bertz CT molecular complexity index is 848. The second kappa shape index (κ2) is 9.27. The molecule has 1 aromatic carbocycles. The van der Waals surface area contributed by atoms with Crippen LogP contribution in [0.3, 0.4) is 0 Å². The first-order valence-electron chi connectivity index (χ1n) is 11.7. The highest BCUT2D eigenvalue weighted by atomic mass is 16.5. The Labute approximate surface area is 190 Å². The Morgan fingerprint density at radius 2 is 2.16 bits per heavy atom. The first kappa shape index (κ1) is 22.9. The molecule has 176 valence electrons. The fraction of sp³-hybridized carbons (Fsp3) is 0.667. The summed E-state index contributed by atoms with van der Waals surface area (Å²) in [6.07, 6.45) is 1.30. The highest BCUT2D eigenvalue weighted by molar-refractivity contribution is 5.82. The molecule has 2 aliphatic heterocycles. The maximum Gasteiger partial charge on any atom is 0.406 e. The minimum absolute atomic E-state index is 0.0235. The van der Waals surface area contributed by atoms with Gasteiger partial charge in [0.15, 0.2) is 0 Å². The second-order valence-electron chi connectivity index (χ2n) is 9.72. The molecule has 8 heteroatoms. The number of methoxy groups -OCH3 is 1. The molecule has 3 aliphatic rings. The zero-order valence-corrected chi connectivity index (χ0v) is 19.6. The lowest BCUT2D eigenvalue weighted by atomic mass is 9.86. The predicted molar refractivity (Wildman–Crippen MR) is 123 cm³/mol. The van der Waals surface area contributed by atoms with Crippen LogP contribution in [-0.2, 0) is 19.7 Å². The molecule has 1 saturated heterocycles. The third-order valence-corrected chi connectivity index (χ3v) is 6.81. The van der Waals surface area contributed by atoms with E-state index in [1.165, 1.54) is 18.4 Å². The van der Waals surface area contributed by atoms with Gasteiger partial charge in [-0.15, -0.1) is 0 Å². The van der Waals surface area contributed by atoms with Crippen molar-refractivity contribution in [1.82, 2.24) is 15.5 Å². The zero-order valence-electron chi connectivity index (χ0n) is 19.6. The van der Waals surface area contributed by atoms with Gasteiger partial charge in [0.2, 0.25) is 0 Å². The number of fused-ring (bicyclic) bond motifs is 1. The highest BCUT2D eigenvalue weighted by Crippen LogP contribution is 2.43. The molecule has 0 spiro atoms. The van der Waals surface area contributed by atoms with Gasteiger partial charge in [-0.3, -0.25) is 4.79 Å². The van der Waals surface area contributed by atoms with Gasteiger partial charge in [0.1, 0.15) is 6.10 Å². The number of ether oxygens (including phenoxy) is 2. The lowest BCUT2D eigenvalue weighted by Gasteiger charge is -2.34. The van der Waals surface area contributed by atoms with Crippen molar-refractivity contribution in [2.45, 2.75) is 57.2 Å². The summed E-state index contributed by atoms with van der Waals surface area (Å²) in [5, 5.41) is 6.04. The Hall–Kier alpha value is -2.32. The topological polar surface area (TPSA) is 83.1 Å². The van der Waals surface area contributed by atoms with E-state index in [-0.39, 0.29) is 17.4 Å². The average Bonchev–Trinajstić information content (AvgIpc) is 3.59. The van der Waals surface area contributed by atoms with Crippen LogP contribution in [0.2, 0.25) is 0 Å². The molecule has 2 amide bonds. The van der Waals surface area contributed by atoms with Gasteiger partial charge in [0.25, 0.3) is 5.91 Å². The Kier molecular flexibility index (Phi) is 6.62. The van der Waals surface area contributed by atoms with Crippen LogP contribution in [0.5, 0.6) is 0 Å². The van der Waals surface area contributed by atoms with Crippen LogP contribution in [0, 0.1) is 0 Å². The summed E-state index contributed by atoms with van der Waals surface area (Å²) in [5.41, 5.74) is 3.65. The van der Waals surface area contributed by atoms with Gasteiger partial charge in [0.05, 0.1) is 19.8 Å². The van der Waals surface area contributed by atoms with Crippen LogP contribution in [0.25, 0.3) is 0 Å². The molecule has 2 N–H and O–H groups in total. The monoisotopic (exact) mass is 444 g/mol. The third-order valence-electron chi connectivity index (χ3n) is 6.81. The van der Waals surface area contributed by atoms with Crippen molar-refractivity contribution in [3.05, 3.63) is 29.3 Å². The number of benzene rings is 1. The number of carbonyl (C=O) groups is 2. The van der Waals surface area contributed by atoms with Crippen molar-refractivity contribution in [2.24, 2.45) is 0 Å². The number of alkyl carbamates (subject to hydrolysis) is 1. The van der Waals surface area contributed by atoms with Gasteiger partial charge >= 0.3 is 6.09 Å². The number of morpholine rings is 1. The smallest absolute Gasteiger partial charge is 0.406 e. The molecule has 0 aromatic heterocycles. The van der Waals surface area contributed by atoms with E-state index < -0.39 is 12.2 Å².